The smallest absolute Gasteiger partial charge is 0.329 e. The van der Waals surface area contributed by atoms with Crippen LogP contribution in [-0.2, 0) is 60.9 Å². The largest absolute Gasteiger partial charge is 0.481 e. The summed E-state index contributed by atoms with van der Waals surface area (Å²) >= 11 is 0. The van der Waals surface area contributed by atoms with Crippen LogP contribution in [0, 0.1) is 11.3 Å². The van der Waals surface area contributed by atoms with Crippen LogP contribution in [0.5, 0.6) is 0 Å². The van der Waals surface area contributed by atoms with Gasteiger partial charge in [0.05, 0.1) is 37.7 Å². The number of carboxylic acids is 2. The molecule has 1 aromatic carbocycles. The Morgan fingerprint density at radius 3 is 2.05 bits per heavy atom. The van der Waals surface area contributed by atoms with Crippen LogP contribution in [-0.4, -0.2) is 170 Å². The number of nitrogens with two attached hydrogens (primary N) is 3. The number of amides is 7. The molecule has 16 N–H and O–H groups in total. The third-order valence-electron chi connectivity index (χ3n) is 12.3. The summed E-state index contributed by atoms with van der Waals surface area (Å²) in [6, 6.07) is -0.369. The molecule has 0 saturated carbocycles. The number of unbranched alkanes of at least 4 members (excludes halogenated alkanes) is 1. The first-order chi connectivity index (χ1) is 34.8. The summed E-state index contributed by atoms with van der Waals surface area (Å²) in [4.78, 5) is 131. The summed E-state index contributed by atoms with van der Waals surface area (Å²) in [5, 5.41) is 43.2. The van der Waals surface area contributed by atoms with Gasteiger partial charge in [-0.15, -0.1) is 0 Å². The van der Waals surface area contributed by atoms with Gasteiger partial charge in [-0.25, -0.2) is 9.78 Å². The van der Waals surface area contributed by atoms with E-state index in [4.69, 9.17) is 27.3 Å². The number of ether oxygens (including phenoxy) is 1. The van der Waals surface area contributed by atoms with E-state index in [0.29, 0.717) is 25.0 Å². The molecule has 2 fully saturated rings. The van der Waals surface area contributed by atoms with Crippen molar-refractivity contribution in [1.82, 2.24) is 51.7 Å². The number of hydrogen-bond acceptors (Lipinski definition) is 14. The Morgan fingerprint density at radius 1 is 0.808 bits per heavy atom. The quantitative estimate of drug-likeness (QED) is 0.0219. The molecule has 26 heteroatoms. The lowest BCUT2D eigenvalue weighted by atomic mass is 10.0. The van der Waals surface area contributed by atoms with Gasteiger partial charge in [-0.2, -0.15) is 0 Å². The van der Waals surface area contributed by atoms with E-state index in [1.54, 1.807) is 26.0 Å². The standard InChI is InChI=1S/C47H72N14O12/c1-27(2)20-32(59-43(68)35-14-9-18-60(35)44(69)31(13-8-17-53-47(50)51)57-41(66)33(55-37(62)23-49)21-29-24-52-26-54-29)40(65)58-34(22-38(63)64)42(67)56-30(12-6-7-16-48)45(70)61-19-15-36(39(61)46(71)72)73-25-28-10-4-3-5-11-28/h3-5,10-11,24,26-27,30-36,39H,6-9,12-23,25,48-49H2,1-2H3,(H,52,54)(H,55,62)(H,56,67)(H,57,66)(H,58,65)(H,59,68)(H,63,64)(H,71,72)(H4,50,51,53)/t30-,31-,32-,33-,34-,35-,36?,39-/m0/s1. The number of aromatic amines is 1. The van der Waals surface area contributed by atoms with Crippen LogP contribution in [0.1, 0.15) is 89.3 Å². The lowest BCUT2D eigenvalue weighted by Gasteiger charge is -2.31. The van der Waals surface area contributed by atoms with Crippen LogP contribution in [0.15, 0.2) is 42.9 Å². The van der Waals surface area contributed by atoms with E-state index in [2.05, 4.69) is 41.9 Å². The number of likely N-dealkylation sites (tertiary alicyclic amines) is 2. The van der Waals surface area contributed by atoms with Crippen molar-refractivity contribution >= 4 is 59.2 Å². The summed E-state index contributed by atoms with van der Waals surface area (Å²) in [6.45, 7) is 3.69. The summed E-state index contributed by atoms with van der Waals surface area (Å²) in [5.41, 5.74) is 17.9. The number of guanidine groups is 1. The molecule has 402 valence electrons. The molecule has 73 heavy (non-hydrogen) atoms. The van der Waals surface area contributed by atoms with Crippen molar-refractivity contribution in [2.24, 2.45) is 23.1 Å². The molecule has 26 nitrogen and oxygen atoms in total. The molecule has 2 aliphatic rings. The highest BCUT2D eigenvalue weighted by Gasteiger charge is 2.45. The summed E-state index contributed by atoms with van der Waals surface area (Å²) in [6.07, 6.45) is 2.81. The zero-order valence-electron chi connectivity index (χ0n) is 41.3. The van der Waals surface area contributed by atoms with Gasteiger partial charge < -0.3 is 78.8 Å². The fourth-order valence-corrected chi connectivity index (χ4v) is 8.74. The van der Waals surface area contributed by atoms with E-state index in [9.17, 15) is 53.4 Å². The van der Waals surface area contributed by atoms with Gasteiger partial charge in [0.15, 0.2) is 12.0 Å². The van der Waals surface area contributed by atoms with Crippen LogP contribution in [0.25, 0.3) is 0 Å². The van der Waals surface area contributed by atoms with Crippen LogP contribution in [0.3, 0.4) is 0 Å². The van der Waals surface area contributed by atoms with Gasteiger partial charge in [-0.3, -0.25) is 43.8 Å². The van der Waals surface area contributed by atoms with Crippen molar-refractivity contribution in [3.8, 4) is 0 Å². The number of imidazole rings is 1. The van der Waals surface area contributed by atoms with E-state index < -0.39 is 115 Å². The SMILES string of the molecule is CC(C)C[C@H](NC(=O)[C@@H]1CCCN1C(=O)[C@H](CCCNC(=N)N)NC(=O)[C@H](Cc1c[nH]cn1)NC(=O)CN)C(=O)N[C@@H](CC(=O)O)C(=O)N[C@@H](CCCCN)C(=O)N1CCC(OCc2ccccc2)[C@H]1C(=O)O. The van der Waals surface area contributed by atoms with E-state index in [-0.39, 0.29) is 89.6 Å². The molecule has 3 heterocycles. The minimum Gasteiger partial charge on any atom is -0.481 e. The number of hydrogen-bond donors (Lipinski definition) is 13. The first kappa shape index (κ1) is 58.4. The first-order valence-corrected chi connectivity index (χ1v) is 24.5. The summed E-state index contributed by atoms with van der Waals surface area (Å²) in [7, 11) is 0. The number of aromatic nitrogens is 2. The average molecular weight is 1030 g/mol. The minimum atomic E-state index is -1.77. The van der Waals surface area contributed by atoms with Crippen LogP contribution in [0.4, 0.5) is 0 Å². The van der Waals surface area contributed by atoms with Crippen molar-refractivity contribution in [3.63, 3.8) is 0 Å². The van der Waals surface area contributed by atoms with E-state index in [1.165, 1.54) is 17.4 Å². The van der Waals surface area contributed by atoms with Crippen LogP contribution in [0.2, 0.25) is 0 Å². The lowest BCUT2D eigenvalue weighted by Crippen LogP contribution is -2.60. The second-order valence-corrected chi connectivity index (χ2v) is 18.5. The monoisotopic (exact) mass is 1020 g/mol. The van der Waals surface area contributed by atoms with Crippen molar-refractivity contribution in [2.45, 2.75) is 139 Å². The molecule has 2 aromatic rings. The number of aliphatic carboxylic acids is 2. The zero-order valence-corrected chi connectivity index (χ0v) is 41.3. The van der Waals surface area contributed by atoms with Gasteiger partial charge in [-0.05, 0) is 75.8 Å². The Morgan fingerprint density at radius 2 is 1.45 bits per heavy atom. The van der Waals surface area contributed by atoms with Gasteiger partial charge in [-0.1, -0.05) is 44.2 Å². The Hall–Kier alpha value is -7.19. The van der Waals surface area contributed by atoms with Gasteiger partial charge in [0.25, 0.3) is 0 Å². The Labute approximate surface area is 422 Å². The molecule has 7 amide bonds. The zero-order chi connectivity index (χ0) is 53.6. The summed E-state index contributed by atoms with van der Waals surface area (Å²) in [5.74, 6) is -8.83. The number of nitrogens with zero attached hydrogens (tertiary/aromatic N) is 3. The Bertz CT molecular complexity index is 2200. The number of benzene rings is 1. The van der Waals surface area contributed by atoms with Crippen molar-refractivity contribution in [1.29, 1.82) is 5.41 Å². The highest BCUT2D eigenvalue weighted by molar-refractivity contribution is 5.98. The molecule has 0 spiro atoms. The molecule has 0 aliphatic carbocycles. The van der Waals surface area contributed by atoms with E-state index in [1.807, 2.05) is 18.2 Å². The van der Waals surface area contributed by atoms with Crippen LogP contribution >= 0.6 is 0 Å². The fraction of sp³-hybridized carbons (Fsp3) is 0.596. The molecule has 4 rings (SSSR count). The third kappa shape index (κ3) is 18.4. The Balaban J connectivity index is 1.51. The second kappa shape index (κ2) is 29.4. The number of carboxylic acid groups (broad SMARTS) is 2. The average Bonchev–Trinajstić information content (AvgIpc) is 4.15. The number of H-pyrrole nitrogens is 1. The lowest BCUT2D eigenvalue weighted by molar-refractivity contribution is -0.154. The molecule has 1 aromatic heterocycles. The maximum absolute atomic E-state index is 14.4. The maximum atomic E-state index is 14.4. The van der Waals surface area contributed by atoms with Crippen molar-refractivity contribution < 1.29 is 58.1 Å². The highest BCUT2D eigenvalue weighted by Crippen LogP contribution is 2.25. The van der Waals surface area contributed by atoms with Gasteiger partial charge >= 0.3 is 11.9 Å². The van der Waals surface area contributed by atoms with Crippen LogP contribution < -0.4 is 49.1 Å². The second-order valence-electron chi connectivity index (χ2n) is 18.5. The normalized spacial score (nSPS) is 18.4. The highest BCUT2D eigenvalue weighted by atomic mass is 16.5. The maximum Gasteiger partial charge on any atom is 0.329 e. The number of carbonyl (C=O) groups is 9. The van der Waals surface area contributed by atoms with E-state index >= 15 is 0 Å². The number of nitrogens with one attached hydrogen (secondary N) is 8. The molecule has 2 aliphatic heterocycles. The molecule has 0 radical (unpaired) electrons. The van der Waals surface area contributed by atoms with E-state index in [0.717, 1.165) is 10.5 Å². The molecular weight excluding hydrogens is 953 g/mol. The summed E-state index contributed by atoms with van der Waals surface area (Å²) < 4.78 is 5.96. The number of rotatable bonds is 30. The third-order valence-corrected chi connectivity index (χ3v) is 12.3. The molecular formula is C47H72N14O12. The first-order valence-electron chi connectivity index (χ1n) is 24.5. The van der Waals surface area contributed by atoms with Gasteiger partial charge in [0, 0.05) is 32.3 Å². The predicted octanol–water partition coefficient (Wildman–Crippen LogP) is -2.49. The fourth-order valence-electron chi connectivity index (χ4n) is 8.74. The van der Waals surface area contributed by atoms with Gasteiger partial charge in [0.2, 0.25) is 41.4 Å². The van der Waals surface area contributed by atoms with Crippen molar-refractivity contribution in [3.05, 3.63) is 54.1 Å². The topological polar surface area (TPSA) is 413 Å². The minimum absolute atomic E-state index is 0.00658. The molecule has 8 atom stereocenters. The number of carbonyl (C=O) groups excluding carboxylic acids is 7. The van der Waals surface area contributed by atoms with Crippen molar-refractivity contribution in [2.75, 3.05) is 32.7 Å². The molecule has 2 saturated heterocycles. The Kier molecular flexibility index (Phi) is 23.5. The predicted molar refractivity (Wildman–Crippen MR) is 262 cm³/mol. The molecule has 1 unspecified atom stereocenters. The molecule has 0 bridgehead atoms. The van der Waals surface area contributed by atoms with Gasteiger partial charge in [0.1, 0.15) is 36.3 Å².